The number of hydrogen-bond donors (Lipinski definition) is 2. The minimum absolute atomic E-state index is 0.358. The van der Waals surface area contributed by atoms with Gasteiger partial charge < -0.3 is 11.1 Å². The SMILES string of the molecule is CC(N)CCCC(C)CNCC(C(C)C)C(C)C. The van der Waals surface area contributed by atoms with Gasteiger partial charge in [-0.1, -0.05) is 41.0 Å². The third kappa shape index (κ3) is 8.93. The monoisotopic (exact) mass is 256 g/mol. The fourth-order valence-corrected chi connectivity index (χ4v) is 2.63. The summed E-state index contributed by atoms with van der Waals surface area (Å²) < 4.78 is 0. The lowest BCUT2D eigenvalue weighted by molar-refractivity contribution is 0.270. The third-order valence-corrected chi connectivity index (χ3v) is 3.94. The highest BCUT2D eigenvalue weighted by Crippen LogP contribution is 2.19. The first-order valence-corrected chi connectivity index (χ1v) is 7.80. The lowest BCUT2D eigenvalue weighted by Crippen LogP contribution is -2.32. The van der Waals surface area contributed by atoms with Gasteiger partial charge >= 0.3 is 0 Å². The van der Waals surface area contributed by atoms with Crippen LogP contribution in [0.25, 0.3) is 0 Å². The first-order chi connectivity index (χ1) is 8.34. The molecule has 0 saturated carbocycles. The van der Waals surface area contributed by atoms with Crippen LogP contribution in [0, 0.1) is 23.7 Å². The van der Waals surface area contributed by atoms with E-state index in [-0.39, 0.29) is 0 Å². The number of rotatable bonds is 10. The van der Waals surface area contributed by atoms with Crippen LogP contribution in [0.3, 0.4) is 0 Å². The maximum absolute atomic E-state index is 5.77. The van der Waals surface area contributed by atoms with Crippen molar-refractivity contribution in [1.29, 1.82) is 0 Å². The second-order valence-electron chi connectivity index (χ2n) is 6.82. The average molecular weight is 256 g/mol. The Morgan fingerprint density at radius 3 is 1.83 bits per heavy atom. The van der Waals surface area contributed by atoms with Gasteiger partial charge in [0.05, 0.1) is 0 Å². The van der Waals surface area contributed by atoms with Crippen molar-refractivity contribution in [2.75, 3.05) is 13.1 Å². The molecule has 3 N–H and O–H groups in total. The van der Waals surface area contributed by atoms with Gasteiger partial charge in [-0.25, -0.2) is 0 Å². The molecule has 2 atom stereocenters. The molecule has 0 aliphatic rings. The maximum atomic E-state index is 5.77. The van der Waals surface area contributed by atoms with Gasteiger partial charge in [0, 0.05) is 6.04 Å². The molecule has 0 fully saturated rings. The topological polar surface area (TPSA) is 38.0 Å². The smallest absolute Gasteiger partial charge is 0.00104 e. The Labute approximate surface area is 115 Å². The highest BCUT2D eigenvalue weighted by atomic mass is 14.9. The molecule has 0 aromatic heterocycles. The second-order valence-corrected chi connectivity index (χ2v) is 6.82. The summed E-state index contributed by atoms with van der Waals surface area (Å²) in [6.07, 6.45) is 3.71. The zero-order valence-electron chi connectivity index (χ0n) is 13.5. The predicted octanol–water partition coefficient (Wildman–Crippen LogP) is 3.66. The molecule has 0 saturated heterocycles. The summed E-state index contributed by atoms with van der Waals surface area (Å²) in [5.41, 5.74) is 5.77. The molecule has 2 nitrogen and oxygen atoms in total. The van der Waals surface area contributed by atoms with Crippen molar-refractivity contribution in [3.63, 3.8) is 0 Å². The summed E-state index contributed by atoms with van der Waals surface area (Å²) >= 11 is 0. The van der Waals surface area contributed by atoms with Crippen molar-refractivity contribution in [3.8, 4) is 0 Å². The maximum Gasteiger partial charge on any atom is 0.00104 e. The molecule has 18 heavy (non-hydrogen) atoms. The highest BCUT2D eigenvalue weighted by molar-refractivity contribution is 4.70. The van der Waals surface area contributed by atoms with Gasteiger partial charge in [0.2, 0.25) is 0 Å². The minimum Gasteiger partial charge on any atom is -0.328 e. The lowest BCUT2D eigenvalue weighted by atomic mass is 9.85. The van der Waals surface area contributed by atoms with Crippen molar-refractivity contribution in [2.45, 2.75) is 66.8 Å². The van der Waals surface area contributed by atoms with Gasteiger partial charge in [-0.15, -0.1) is 0 Å². The van der Waals surface area contributed by atoms with E-state index in [1.165, 1.54) is 12.8 Å². The van der Waals surface area contributed by atoms with Crippen LogP contribution in [0.15, 0.2) is 0 Å². The molecule has 0 heterocycles. The van der Waals surface area contributed by atoms with Crippen LogP contribution in [-0.4, -0.2) is 19.1 Å². The predicted molar refractivity (Wildman–Crippen MR) is 82.7 cm³/mol. The van der Waals surface area contributed by atoms with Gasteiger partial charge in [0.15, 0.2) is 0 Å². The lowest BCUT2D eigenvalue weighted by Gasteiger charge is -2.26. The summed E-state index contributed by atoms with van der Waals surface area (Å²) in [6.45, 7) is 16.1. The number of nitrogens with two attached hydrogens (primary N) is 1. The van der Waals surface area contributed by atoms with E-state index in [0.29, 0.717) is 6.04 Å². The van der Waals surface area contributed by atoms with Crippen LogP contribution < -0.4 is 11.1 Å². The molecular formula is C16H36N2. The summed E-state index contributed by atoms with van der Waals surface area (Å²) in [5.74, 6) is 3.10. The van der Waals surface area contributed by atoms with Crippen LogP contribution in [-0.2, 0) is 0 Å². The first-order valence-electron chi connectivity index (χ1n) is 7.80. The molecule has 0 aliphatic heterocycles. The van der Waals surface area contributed by atoms with Crippen LogP contribution >= 0.6 is 0 Å². The molecule has 0 spiro atoms. The molecular weight excluding hydrogens is 220 g/mol. The van der Waals surface area contributed by atoms with Crippen molar-refractivity contribution < 1.29 is 0 Å². The summed E-state index contributed by atoms with van der Waals surface area (Å²) in [4.78, 5) is 0. The normalized spacial score (nSPS) is 15.7. The Hall–Kier alpha value is -0.0800. The molecule has 2 heteroatoms. The molecule has 0 aliphatic carbocycles. The van der Waals surface area contributed by atoms with E-state index in [1.807, 2.05) is 0 Å². The van der Waals surface area contributed by atoms with Gasteiger partial charge in [-0.2, -0.15) is 0 Å². The Kier molecular flexibility index (Phi) is 9.76. The van der Waals surface area contributed by atoms with Crippen molar-refractivity contribution >= 4 is 0 Å². The van der Waals surface area contributed by atoms with Gasteiger partial charge in [-0.05, 0) is 56.5 Å². The van der Waals surface area contributed by atoms with Crippen LogP contribution in [0.4, 0.5) is 0 Å². The van der Waals surface area contributed by atoms with Crippen LogP contribution in [0.2, 0.25) is 0 Å². The molecule has 2 unspecified atom stereocenters. The molecule has 0 aromatic rings. The standard InChI is InChI=1S/C16H36N2/c1-12(2)16(13(3)4)11-18-10-14(5)8-7-9-15(6)17/h12-16,18H,7-11,17H2,1-6H3. The van der Waals surface area contributed by atoms with Crippen LogP contribution in [0.1, 0.15) is 60.8 Å². The zero-order chi connectivity index (χ0) is 14.1. The Bertz CT molecular complexity index is 180. The van der Waals surface area contributed by atoms with E-state index in [2.05, 4.69) is 46.9 Å². The van der Waals surface area contributed by atoms with E-state index in [4.69, 9.17) is 5.73 Å². The fraction of sp³-hybridized carbons (Fsp3) is 1.00. The van der Waals surface area contributed by atoms with E-state index in [1.54, 1.807) is 0 Å². The quantitative estimate of drug-likeness (QED) is 0.626. The van der Waals surface area contributed by atoms with Crippen molar-refractivity contribution in [3.05, 3.63) is 0 Å². The summed E-state index contributed by atoms with van der Waals surface area (Å²) in [5, 5.41) is 3.65. The molecule has 0 amide bonds. The second kappa shape index (κ2) is 9.80. The van der Waals surface area contributed by atoms with Gasteiger partial charge in [-0.3, -0.25) is 0 Å². The first kappa shape index (κ1) is 17.9. The van der Waals surface area contributed by atoms with E-state index >= 15 is 0 Å². The third-order valence-electron chi connectivity index (χ3n) is 3.94. The van der Waals surface area contributed by atoms with E-state index in [9.17, 15) is 0 Å². The Balaban J connectivity index is 3.68. The largest absolute Gasteiger partial charge is 0.328 e. The number of nitrogens with one attached hydrogen (secondary N) is 1. The van der Waals surface area contributed by atoms with E-state index < -0.39 is 0 Å². The molecule has 0 rings (SSSR count). The van der Waals surface area contributed by atoms with Crippen molar-refractivity contribution in [2.24, 2.45) is 29.4 Å². The average Bonchev–Trinajstić information content (AvgIpc) is 2.22. The summed E-state index contributed by atoms with van der Waals surface area (Å²) in [7, 11) is 0. The van der Waals surface area contributed by atoms with Gasteiger partial charge in [0.25, 0.3) is 0 Å². The fourth-order valence-electron chi connectivity index (χ4n) is 2.63. The van der Waals surface area contributed by atoms with Gasteiger partial charge in [0.1, 0.15) is 0 Å². The Morgan fingerprint density at radius 1 is 0.833 bits per heavy atom. The van der Waals surface area contributed by atoms with Crippen molar-refractivity contribution in [1.82, 2.24) is 5.32 Å². The highest BCUT2D eigenvalue weighted by Gasteiger charge is 2.17. The summed E-state index contributed by atoms with van der Waals surface area (Å²) in [6, 6.07) is 0.358. The molecule has 0 radical (unpaired) electrons. The zero-order valence-corrected chi connectivity index (χ0v) is 13.5. The minimum atomic E-state index is 0.358. The van der Waals surface area contributed by atoms with E-state index in [0.717, 1.165) is 43.2 Å². The molecule has 0 aromatic carbocycles. The van der Waals surface area contributed by atoms with Crippen LogP contribution in [0.5, 0.6) is 0 Å². The molecule has 0 bridgehead atoms. The Morgan fingerprint density at radius 2 is 1.39 bits per heavy atom. The number of hydrogen-bond acceptors (Lipinski definition) is 2. The molecule has 110 valence electrons.